The number of ether oxygens (including phenoxy) is 3. The van der Waals surface area contributed by atoms with Gasteiger partial charge >= 0.3 is 17.9 Å². The molecule has 37 heavy (non-hydrogen) atoms. The Morgan fingerprint density at radius 3 is 2.54 bits per heavy atom. The fraction of sp³-hybridized carbons (Fsp3) is 0.423. The van der Waals surface area contributed by atoms with E-state index in [0.717, 1.165) is 5.56 Å². The van der Waals surface area contributed by atoms with Gasteiger partial charge in [-0.25, -0.2) is 9.78 Å². The van der Waals surface area contributed by atoms with Crippen molar-refractivity contribution in [2.75, 3.05) is 6.61 Å². The number of nitrogens with zero attached hydrogens (tertiary/aromatic N) is 1. The molecule has 1 aromatic carbocycles. The summed E-state index contributed by atoms with van der Waals surface area (Å²) in [4.78, 5) is 55.2. The summed E-state index contributed by atoms with van der Waals surface area (Å²) in [7, 11) is 0. The maximum atomic E-state index is 13.2. The summed E-state index contributed by atoms with van der Waals surface area (Å²) in [5, 5.41) is 12.6. The molecule has 11 heteroatoms. The summed E-state index contributed by atoms with van der Waals surface area (Å²) in [6.07, 6.45) is -2.02. The molecule has 2 aromatic rings. The number of carbonyl (C=O) groups excluding carboxylic acids is 4. The van der Waals surface area contributed by atoms with Crippen molar-refractivity contribution in [3.63, 3.8) is 0 Å². The highest BCUT2D eigenvalue weighted by molar-refractivity contribution is 6.31. The van der Waals surface area contributed by atoms with Gasteiger partial charge in [0.2, 0.25) is 5.88 Å². The van der Waals surface area contributed by atoms with Crippen molar-refractivity contribution in [3.8, 4) is 5.88 Å². The van der Waals surface area contributed by atoms with Gasteiger partial charge in [-0.2, -0.15) is 0 Å². The standard InChI is InChI=1S/C26H29ClN2O8/c1-13(2)24(32)37-21-15(4)36-26(34)20(29-23(31)18-11-19(27)14(3)28-22(18)30)12-35-25(33)17(21)10-16-8-6-5-7-9-16/h5-9,11,13,15,17,20-21H,10,12H2,1-4H3,(H,28,30)(H,29,31)/t15-,17+,20-,21-/m0/s1. The molecule has 1 aliphatic heterocycles. The molecule has 1 amide bonds. The molecule has 198 valence electrons. The molecule has 0 spiro atoms. The number of amides is 1. The predicted octanol–water partition coefficient (Wildman–Crippen LogP) is 2.76. The van der Waals surface area contributed by atoms with Crippen molar-refractivity contribution in [3.05, 3.63) is 58.2 Å². The van der Waals surface area contributed by atoms with Gasteiger partial charge in [0.25, 0.3) is 5.91 Å². The minimum absolute atomic E-state index is 0.138. The maximum Gasteiger partial charge on any atom is 0.332 e. The van der Waals surface area contributed by atoms with Crippen molar-refractivity contribution < 1.29 is 38.5 Å². The summed E-state index contributed by atoms with van der Waals surface area (Å²) < 4.78 is 16.6. The zero-order valence-electron chi connectivity index (χ0n) is 20.9. The van der Waals surface area contributed by atoms with Crippen LogP contribution in [0.1, 0.15) is 42.4 Å². The average molecular weight is 533 g/mol. The number of aryl methyl sites for hydroxylation is 1. The second kappa shape index (κ2) is 12.1. The number of benzene rings is 1. The molecule has 0 bridgehead atoms. The van der Waals surface area contributed by atoms with Gasteiger partial charge in [-0.05, 0) is 31.9 Å². The van der Waals surface area contributed by atoms with Gasteiger partial charge in [0, 0.05) is 0 Å². The molecule has 0 saturated carbocycles. The zero-order chi connectivity index (χ0) is 27.3. The van der Waals surface area contributed by atoms with E-state index >= 15 is 0 Å². The Balaban J connectivity index is 1.88. The lowest BCUT2D eigenvalue weighted by Gasteiger charge is -2.29. The van der Waals surface area contributed by atoms with Crippen molar-refractivity contribution in [2.24, 2.45) is 11.8 Å². The fourth-order valence-electron chi connectivity index (χ4n) is 3.72. The average Bonchev–Trinajstić information content (AvgIpc) is 2.88. The molecule has 0 radical (unpaired) electrons. The normalized spacial score (nSPS) is 22.2. The fourth-order valence-corrected chi connectivity index (χ4v) is 3.87. The largest absolute Gasteiger partial charge is 0.493 e. The summed E-state index contributed by atoms with van der Waals surface area (Å²) in [6.45, 7) is 5.80. The second-order valence-corrected chi connectivity index (χ2v) is 9.48. The zero-order valence-corrected chi connectivity index (χ0v) is 21.7. The molecule has 0 unspecified atom stereocenters. The van der Waals surface area contributed by atoms with E-state index < -0.39 is 66.4 Å². The molecule has 4 atom stereocenters. The molecular formula is C26H29ClN2O8. The summed E-state index contributed by atoms with van der Waals surface area (Å²) in [5.41, 5.74) is 0.831. The third kappa shape index (κ3) is 6.97. The molecular weight excluding hydrogens is 504 g/mol. The quantitative estimate of drug-likeness (QED) is 0.424. The highest BCUT2D eigenvalue weighted by Crippen LogP contribution is 2.25. The van der Waals surface area contributed by atoms with Crippen LogP contribution < -0.4 is 5.32 Å². The van der Waals surface area contributed by atoms with Crippen LogP contribution in [0, 0.1) is 18.8 Å². The SMILES string of the molecule is Cc1nc(O)c(C(=O)N[C@H]2COC(=O)[C@H](Cc3ccccc3)[C@@H](OC(=O)C(C)C)[C@H](C)OC2=O)cc1Cl. The van der Waals surface area contributed by atoms with Crippen LogP contribution >= 0.6 is 11.6 Å². The third-order valence-corrected chi connectivity index (χ3v) is 6.23. The monoisotopic (exact) mass is 532 g/mol. The topological polar surface area (TPSA) is 141 Å². The molecule has 2 N–H and O–H groups in total. The van der Waals surface area contributed by atoms with Gasteiger partial charge in [0.15, 0.2) is 12.1 Å². The lowest BCUT2D eigenvalue weighted by molar-refractivity contribution is -0.176. The van der Waals surface area contributed by atoms with Gasteiger partial charge in [0.05, 0.1) is 16.6 Å². The van der Waals surface area contributed by atoms with Crippen molar-refractivity contribution >= 4 is 35.4 Å². The Bertz CT molecular complexity index is 1170. The number of carbonyl (C=O) groups is 4. The van der Waals surface area contributed by atoms with E-state index in [0.29, 0.717) is 5.69 Å². The van der Waals surface area contributed by atoms with Crippen LogP contribution in [0.2, 0.25) is 5.02 Å². The predicted molar refractivity (Wildman–Crippen MR) is 132 cm³/mol. The van der Waals surface area contributed by atoms with Crippen LogP contribution in [0.25, 0.3) is 0 Å². The van der Waals surface area contributed by atoms with Crippen molar-refractivity contribution in [1.82, 2.24) is 10.3 Å². The Kier molecular flexibility index (Phi) is 9.09. The first-order valence-electron chi connectivity index (χ1n) is 11.8. The van der Waals surface area contributed by atoms with Gasteiger partial charge in [0.1, 0.15) is 24.2 Å². The molecule has 10 nitrogen and oxygen atoms in total. The van der Waals surface area contributed by atoms with E-state index in [2.05, 4.69) is 10.3 Å². The Morgan fingerprint density at radius 2 is 1.89 bits per heavy atom. The summed E-state index contributed by atoms with van der Waals surface area (Å²) in [6, 6.07) is 8.87. The van der Waals surface area contributed by atoms with Crippen LogP contribution in [0.5, 0.6) is 5.88 Å². The number of nitrogens with one attached hydrogen (secondary N) is 1. The van der Waals surface area contributed by atoms with Gasteiger partial charge in [-0.3, -0.25) is 14.4 Å². The van der Waals surface area contributed by atoms with Gasteiger partial charge < -0.3 is 24.6 Å². The summed E-state index contributed by atoms with van der Waals surface area (Å²) in [5.74, 6) is -5.12. The highest BCUT2D eigenvalue weighted by Gasteiger charge is 2.42. The Labute approximate surface area is 219 Å². The van der Waals surface area contributed by atoms with E-state index in [9.17, 15) is 24.3 Å². The molecule has 3 rings (SSSR count). The van der Waals surface area contributed by atoms with Crippen LogP contribution in [0.4, 0.5) is 0 Å². The number of rotatable bonds is 6. The van der Waals surface area contributed by atoms with Crippen LogP contribution in [-0.4, -0.2) is 58.8 Å². The van der Waals surface area contributed by atoms with E-state index in [-0.39, 0.29) is 17.0 Å². The van der Waals surface area contributed by atoms with E-state index in [1.165, 1.54) is 13.0 Å². The lowest BCUT2D eigenvalue weighted by Crippen LogP contribution is -2.46. The first-order valence-corrected chi connectivity index (χ1v) is 12.1. The van der Waals surface area contributed by atoms with Crippen molar-refractivity contribution in [2.45, 2.75) is 52.4 Å². The van der Waals surface area contributed by atoms with Crippen LogP contribution in [0.3, 0.4) is 0 Å². The molecule has 1 saturated heterocycles. The molecule has 1 fully saturated rings. The Morgan fingerprint density at radius 1 is 1.22 bits per heavy atom. The Hall–Kier alpha value is -3.66. The molecule has 0 aliphatic carbocycles. The number of aromatic nitrogens is 1. The number of aromatic hydroxyl groups is 1. The molecule has 1 aromatic heterocycles. The minimum atomic E-state index is -1.41. The van der Waals surface area contributed by atoms with Crippen molar-refractivity contribution in [1.29, 1.82) is 0 Å². The van der Waals surface area contributed by atoms with E-state index in [1.54, 1.807) is 20.8 Å². The second-order valence-electron chi connectivity index (χ2n) is 9.08. The number of hydrogen-bond acceptors (Lipinski definition) is 9. The first kappa shape index (κ1) is 27.9. The number of pyridine rings is 1. The number of cyclic esters (lactones) is 2. The molecule has 2 heterocycles. The third-order valence-electron chi connectivity index (χ3n) is 5.84. The minimum Gasteiger partial charge on any atom is -0.493 e. The lowest BCUT2D eigenvalue weighted by atomic mass is 9.91. The van der Waals surface area contributed by atoms with Crippen LogP contribution in [-0.2, 0) is 35.0 Å². The maximum absolute atomic E-state index is 13.2. The van der Waals surface area contributed by atoms with E-state index in [4.69, 9.17) is 25.8 Å². The van der Waals surface area contributed by atoms with Crippen LogP contribution in [0.15, 0.2) is 36.4 Å². The van der Waals surface area contributed by atoms with Gasteiger partial charge in [-0.1, -0.05) is 55.8 Å². The first-order chi connectivity index (χ1) is 17.5. The molecule has 1 aliphatic rings. The number of hydrogen-bond donors (Lipinski definition) is 2. The summed E-state index contributed by atoms with van der Waals surface area (Å²) >= 11 is 6.02. The number of esters is 3. The van der Waals surface area contributed by atoms with E-state index in [1.807, 2.05) is 30.3 Å². The number of halogens is 1. The highest BCUT2D eigenvalue weighted by atomic mass is 35.5. The smallest absolute Gasteiger partial charge is 0.332 e. The van der Waals surface area contributed by atoms with Gasteiger partial charge in [-0.15, -0.1) is 0 Å².